The number of Topliss-reactive ketones (excluding diaryl/α,β-unsaturated/α-hetero) is 1. The Labute approximate surface area is 165 Å². The number of rotatable bonds is 5. The van der Waals surface area contributed by atoms with Gasteiger partial charge in [0.15, 0.2) is 17.3 Å². The van der Waals surface area contributed by atoms with Gasteiger partial charge in [-0.05, 0) is 13.0 Å². The van der Waals surface area contributed by atoms with E-state index >= 15 is 0 Å². The van der Waals surface area contributed by atoms with Crippen LogP contribution < -0.4 is 14.8 Å². The summed E-state index contributed by atoms with van der Waals surface area (Å²) in [7, 11) is 0. The molecule has 138 valence electrons. The van der Waals surface area contributed by atoms with E-state index in [1.165, 1.54) is 18.3 Å². The van der Waals surface area contributed by atoms with E-state index in [2.05, 4.69) is 16.4 Å². The van der Waals surface area contributed by atoms with Crippen LogP contribution in [0.15, 0.2) is 54.0 Å². The summed E-state index contributed by atoms with van der Waals surface area (Å²) >= 11 is 1.39. The fourth-order valence-electron chi connectivity index (χ4n) is 2.78. The van der Waals surface area contributed by atoms with Gasteiger partial charge in [-0.25, -0.2) is 4.98 Å². The van der Waals surface area contributed by atoms with E-state index in [9.17, 15) is 10.1 Å². The maximum Gasteiger partial charge on any atom is 0.231 e. The Morgan fingerprint density at radius 1 is 1.25 bits per heavy atom. The number of hydrogen-bond acceptors (Lipinski definition) is 7. The monoisotopic (exact) mass is 389 g/mol. The quantitative estimate of drug-likeness (QED) is 0.502. The number of nitrogens with one attached hydrogen (secondary N) is 1. The lowest BCUT2D eigenvalue weighted by molar-refractivity contribution is 0.101. The molecule has 0 amide bonds. The molecule has 2 aromatic carbocycles. The number of nitriles is 1. The van der Waals surface area contributed by atoms with E-state index in [1.807, 2.05) is 35.7 Å². The van der Waals surface area contributed by atoms with Crippen LogP contribution in [0.1, 0.15) is 22.3 Å². The first-order valence-electron chi connectivity index (χ1n) is 8.48. The molecule has 1 aliphatic rings. The molecule has 0 bridgehead atoms. The number of anilines is 1. The number of ether oxygens (including phenoxy) is 2. The molecule has 0 aliphatic carbocycles. The van der Waals surface area contributed by atoms with Crippen LogP contribution in [0.4, 0.5) is 5.69 Å². The van der Waals surface area contributed by atoms with Gasteiger partial charge in [-0.1, -0.05) is 30.3 Å². The first kappa shape index (κ1) is 17.8. The Morgan fingerprint density at radius 3 is 2.71 bits per heavy atom. The van der Waals surface area contributed by atoms with E-state index < -0.39 is 0 Å². The fraction of sp³-hybridized carbons (Fsp3) is 0.0952. The zero-order valence-corrected chi connectivity index (χ0v) is 15.7. The predicted molar refractivity (Wildman–Crippen MR) is 107 cm³/mol. The van der Waals surface area contributed by atoms with E-state index in [1.54, 1.807) is 18.3 Å². The van der Waals surface area contributed by atoms with E-state index in [4.69, 9.17) is 9.47 Å². The lowest BCUT2D eigenvalue weighted by Crippen LogP contribution is -2.00. The molecule has 6 nitrogen and oxygen atoms in total. The molecule has 0 saturated carbocycles. The molecule has 28 heavy (non-hydrogen) atoms. The lowest BCUT2D eigenvalue weighted by atomic mass is 10.1. The fourth-order valence-corrected chi connectivity index (χ4v) is 3.58. The maximum atomic E-state index is 12.0. The second-order valence-electron chi connectivity index (χ2n) is 6.03. The summed E-state index contributed by atoms with van der Waals surface area (Å²) in [6.07, 6.45) is 1.55. The van der Waals surface area contributed by atoms with Crippen LogP contribution in [0.3, 0.4) is 0 Å². The van der Waals surface area contributed by atoms with Crippen molar-refractivity contribution >= 4 is 28.4 Å². The van der Waals surface area contributed by atoms with Gasteiger partial charge in [0.1, 0.15) is 16.6 Å². The lowest BCUT2D eigenvalue weighted by Gasteiger charge is -2.08. The molecule has 0 spiro atoms. The average molecular weight is 389 g/mol. The van der Waals surface area contributed by atoms with Crippen LogP contribution in [0, 0.1) is 11.3 Å². The van der Waals surface area contributed by atoms with E-state index in [-0.39, 0.29) is 12.6 Å². The second-order valence-corrected chi connectivity index (χ2v) is 6.88. The second kappa shape index (κ2) is 7.55. The molecule has 7 heteroatoms. The summed E-state index contributed by atoms with van der Waals surface area (Å²) in [5, 5.41) is 15.1. The summed E-state index contributed by atoms with van der Waals surface area (Å²) in [4.78, 5) is 16.5. The van der Waals surface area contributed by atoms with Crippen LogP contribution >= 0.6 is 11.3 Å². The normalized spacial score (nSPS) is 12.5. The third kappa shape index (κ3) is 3.46. The first-order chi connectivity index (χ1) is 13.7. The Morgan fingerprint density at radius 2 is 2.00 bits per heavy atom. The molecule has 1 aliphatic heterocycles. The van der Waals surface area contributed by atoms with Crippen molar-refractivity contribution in [1.29, 1.82) is 5.26 Å². The minimum absolute atomic E-state index is 0.117. The average Bonchev–Trinajstić information content (AvgIpc) is 3.38. The smallest absolute Gasteiger partial charge is 0.231 e. The first-order valence-corrected chi connectivity index (χ1v) is 9.36. The van der Waals surface area contributed by atoms with Gasteiger partial charge in [0.05, 0.1) is 11.4 Å². The number of benzene rings is 2. The van der Waals surface area contributed by atoms with Gasteiger partial charge >= 0.3 is 0 Å². The van der Waals surface area contributed by atoms with Crippen LogP contribution in [-0.2, 0) is 0 Å². The van der Waals surface area contributed by atoms with Crippen molar-refractivity contribution in [2.75, 3.05) is 12.1 Å². The third-order valence-corrected chi connectivity index (χ3v) is 5.06. The van der Waals surface area contributed by atoms with E-state index in [0.29, 0.717) is 33.3 Å². The van der Waals surface area contributed by atoms with Crippen LogP contribution in [0.25, 0.3) is 16.8 Å². The summed E-state index contributed by atoms with van der Waals surface area (Å²) in [6, 6.07) is 15.3. The maximum absolute atomic E-state index is 12.0. The predicted octanol–water partition coefficient (Wildman–Crippen LogP) is 4.72. The summed E-state index contributed by atoms with van der Waals surface area (Å²) in [6.45, 7) is 1.60. The molecule has 1 N–H and O–H groups in total. The molecule has 4 rings (SSSR count). The Balaban J connectivity index is 1.63. The third-order valence-electron chi connectivity index (χ3n) is 4.19. The molecule has 0 fully saturated rings. The Hall–Kier alpha value is -3.63. The molecule has 0 saturated heterocycles. The highest BCUT2D eigenvalue weighted by atomic mass is 32.1. The van der Waals surface area contributed by atoms with Crippen molar-refractivity contribution in [2.24, 2.45) is 0 Å². The molecule has 0 radical (unpaired) electrons. The number of fused-ring (bicyclic) bond motifs is 1. The van der Waals surface area contributed by atoms with Crippen molar-refractivity contribution in [2.45, 2.75) is 6.92 Å². The van der Waals surface area contributed by atoms with Gasteiger partial charge in [0.25, 0.3) is 0 Å². The number of carbonyl (C=O) groups excluding carboxylic acids is 1. The van der Waals surface area contributed by atoms with Gasteiger partial charge in [0, 0.05) is 28.8 Å². The molecule has 1 aromatic heterocycles. The van der Waals surface area contributed by atoms with Crippen molar-refractivity contribution < 1.29 is 14.3 Å². The number of carbonyl (C=O) groups is 1. The largest absolute Gasteiger partial charge is 0.454 e. The number of thiazole rings is 1. The molecule has 0 unspecified atom stereocenters. The minimum atomic E-state index is -0.117. The van der Waals surface area contributed by atoms with Crippen LogP contribution in [0.5, 0.6) is 11.5 Å². The molecule has 0 atom stereocenters. The van der Waals surface area contributed by atoms with Crippen molar-refractivity contribution in [3.05, 3.63) is 64.6 Å². The summed E-state index contributed by atoms with van der Waals surface area (Å²) in [5.41, 5.74) is 3.18. The van der Waals surface area contributed by atoms with Crippen molar-refractivity contribution in [1.82, 2.24) is 4.98 Å². The standard InChI is InChI=1S/C21H15N3O3S/c1-13(25)16-7-19-20(27-12-26-19)8-17(16)23-10-15(9-22)21-24-18(11-28-21)14-5-3-2-4-6-14/h2-8,10-11,23H,12H2,1H3. The van der Waals surface area contributed by atoms with Gasteiger partial charge in [-0.2, -0.15) is 5.26 Å². The zero-order chi connectivity index (χ0) is 19.5. The highest BCUT2D eigenvalue weighted by molar-refractivity contribution is 7.11. The summed E-state index contributed by atoms with van der Waals surface area (Å²) < 4.78 is 10.7. The number of allylic oxidation sites excluding steroid dienone is 1. The van der Waals surface area contributed by atoms with Crippen molar-refractivity contribution in [3.8, 4) is 28.8 Å². The number of nitrogens with zero attached hydrogens (tertiary/aromatic N) is 2. The highest BCUT2D eigenvalue weighted by Crippen LogP contribution is 2.37. The number of aromatic nitrogens is 1. The minimum Gasteiger partial charge on any atom is -0.454 e. The number of hydrogen-bond donors (Lipinski definition) is 1. The van der Waals surface area contributed by atoms with Crippen LogP contribution in [0.2, 0.25) is 0 Å². The topological polar surface area (TPSA) is 84.2 Å². The molecular formula is C21H15N3O3S. The van der Waals surface area contributed by atoms with Gasteiger partial charge in [0.2, 0.25) is 6.79 Å². The molecular weight excluding hydrogens is 374 g/mol. The highest BCUT2D eigenvalue weighted by Gasteiger charge is 2.19. The Kier molecular flexibility index (Phi) is 4.79. The van der Waals surface area contributed by atoms with Gasteiger partial charge in [-0.15, -0.1) is 11.3 Å². The van der Waals surface area contributed by atoms with Crippen molar-refractivity contribution in [3.63, 3.8) is 0 Å². The van der Waals surface area contributed by atoms with Crippen LogP contribution in [-0.4, -0.2) is 17.6 Å². The van der Waals surface area contributed by atoms with Gasteiger partial charge < -0.3 is 14.8 Å². The SMILES string of the molecule is CC(=O)c1cc2c(cc1NC=C(C#N)c1nc(-c3ccccc3)cs1)OCO2. The molecule has 2 heterocycles. The zero-order valence-electron chi connectivity index (χ0n) is 14.9. The van der Waals surface area contributed by atoms with Gasteiger partial charge in [-0.3, -0.25) is 4.79 Å². The van der Waals surface area contributed by atoms with E-state index in [0.717, 1.165) is 11.3 Å². The number of ketones is 1. The Bertz CT molecular complexity index is 1110. The summed E-state index contributed by atoms with van der Waals surface area (Å²) in [5.74, 6) is 0.973. The molecule has 3 aromatic rings.